The molecule has 0 spiro atoms. The first-order valence-electron chi connectivity index (χ1n) is 5.48. The summed E-state index contributed by atoms with van der Waals surface area (Å²) in [6.45, 7) is 5.78. The molecule has 1 rings (SSSR count). The van der Waals surface area contributed by atoms with Gasteiger partial charge in [-0.25, -0.2) is 0 Å². The highest BCUT2D eigenvalue weighted by Gasteiger charge is 2.25. The van der Waals surface area contributed by atoms with Crippen LogP contribution in [0.5, 0.6) is 0 Å². The van der Waals surface area contributed by atoms with Crippen molar-refractivity contribution in [2.24, 2.45) is 4.40 Å². The largest absolute Gasteiger partial charge is 0.591 e. The third-order valence-electron chi connectivity index (χ3n) is 2.10. The molecule has 1 atom stereocenters. The SMILES string of the molecule is CC(C)(C)[S@@+]([O-])/N=C/CCc1ccccc1. The van der Waals surface area contributed by atoms with Gasteiger partial charge in [-0.05, 0) is 39.2 Å². The van der Waals surface area contributed by atoms with E-state index in [0.29, 0.717) is 0 Å². The maximum atomic E-state index is 11.6. The van der Waals surface area contributed by atoms with Gasteiger partial charge in [0.1, 0.15) is 16.1 Å². The van der Waals surface area contributed by atoms with Gasteiger partial charge in [-0.1, -0.05) is 34.7 Å². The quantitative estimate of drug-likeness (QED) is 0.585. The van der Waals surface area contributed by atoms with Gasteiger partial charge < -0.3 is 4.55 Å². The summed E-state index contributed by atoms with van der Waals surface area (Å²) >= 11 is -1.13. The molecule has 0 unspecified atom stereocenters. The van der Waals surface area contributed by atoms with Crippen LogP contribution in [0.2, 0.25) is 0 Å². The van der Waals surface area contributed by atoms with Crippen molar-refractivity contribution in [3.05, 3.63) is 35.9 Å². The van der Waals surface area contributed by atoms with Crippen LogP contribution in [0.4, 0.5) is 0 Å². The van der Waals surface area contributed by atoms with E-state index in [0.717, 1.165) is 12.8 Å². The van der Waals surface area contributed by atoms with Crippen LogP contribution in [-0.2, 0) is 17.8 Å². The molecule has 1 aromatic rings. The second-order valence-electron chi connectivity index (χ2n) is 4.67. The summed E-state index contributed by atoms with van der Waals surface area (Å²) in [6.07, 6.45) is 3.56. The molecule has 1 aromatic carbocycles. The van der Waals surface area contributed by atoms with E-state index in [1.165, 1.54) is 5.56 Å². The molecule has 88 valence electrons. The fourth-order valence-electron chi connectivity index (χ4n) is 1.15. The van der Waals surface area contributed by atoms with Gasteiger partial charge in [0.25, 0.3) is 0 Å². The van der Waals surface area contributed by atoms with Gasteiger partial charge in [-0.15, -0.1) is 0 Å². The van der Waals surface area contributed by atoms with Crippen molar-refractivity contribution in [3.63, 3.8) is 0 Å². The first-order valence-corrected chi connectivity index (χ1v) is 6.59. The van der Waals surface area contributed by atoms with E-state index in [2.05, 4.69) is 16.5 Å². The topological polar surface area (TPSA) is 35.4 Å². The summed E-state index contributed by atoms with van der Waals surface area (Å²) in [5.74, 6) is 0. The number of hydrogen-bond donors (Lipinski definition) is 0. The summed E-state index contributed by atoms with van der Waals surface area (Å²) < 4.78 is 15.4. The Hall–Kier alpha value is -0.800. The van der Waals surface area contributed by atoms with Crippen LogP contribution in [0.1, 0.15) is 32.8 Å². The molecule has 0 aliphatic carbocycles. The summed E-state index contributed by atoms with van der Waals surface area (Å²) in [5.41, 5.74) is 1.29. The van der Waals surface area contributed by atoms with Gasteiger partial charge in [0.05, 0.1) is 6.21 Å². The Kier molecular flexibility index (Phi) is 5.03. The van der Waals surface area contributed by atoms with Crippen LogP contribution in [0, 0.1) is 0 Å². The molecule has 0 aliphatic heterocycles. The molecule has 0 bridgehead atoms. The fourth-order valence-corrected chi connectivity index (χ4v) is 1.71. The van der Waals surface area contributed by atoms with Crippen LogP contribution in [0.15, 0.2) is 34.7 Å². The Morgan fingerprint density at radius 1 is 1.25 bits per heavy atom. The number of benzene rings is 1. The monoisotopic (exact) mass is 237 g/mol. The maximum absolute atomic E-state index is 11.6. The van der Waals surface area contributed by atoms with E-state index in [1.807, 2.05) is 39.0 Å². The molecule has 0 heterocycles. The molecule has 0 radical (unpaired) electrons. The summed E-state index contributed by atoms with van der Waals surface area (Å²) in [7, 11) is 0. The van der Waals surface area contributed by atoms with E-state index in [-0.39, 0.29) is 4.75 Å². The van der Waals surface area contributed by atoms with E-state index in [9.17, 15) is 4.55 Å². The third kappa shape index (κ3) is 4.81. The van der Waals surface area contributed by atoms with Crippen molar-refractivity contribution in [1.29, 1.82) is 0 Å². The molecule has 16 heavy (non-hydrogen) atoms. The zero-order valence-electron chi connectivity index (χ0n) is 10.1. The highest BCUT2D eigenvalue weighted by atomic mass is 32.2. The number of aryl methyl sites for hydroxylation is 1. The second-order valence-corrected chi connectivity index (χ2v) is 6.61. The van der Waals surface area contributed by atoms with E-state index < -0.39 is 11.4 Å². The average Bonchev–Trinajstić information content (AvgIpc) is 2.24. The van der Waals surface area contributed by atoms with Crippen molar-refractivity contribution < 1.29 is 4.55 Å². The Morgan fingerprint density at radius 3 is 2.44 bits per heavy atom. The van der Waals surface area contributed by atoms with Gasteiger partial charge in [0, 0.05) is 0 Å². The minimum atomic E-state index is -1.13. The number of rotatable bonds is 4. The molecular weight excluding hydrogens is 218 g/mol. The van der Waals surface area contributed by atoms with Crippen molar-refractivity contribution in [1.82, 2.24) is 0 Å². The molecular formula is C13H19NOS. The Morgan fingerprint density at radius 2 is 1.88 bits per heavy atom. The molecule has 0 fully saturated rings. The zero-order valence-corrected chi connectivity index (χ0v) is 11.0. The molecule has 0 N–H and O–H groups in total. The standard InChI is InChI=1S/C13H19NOS/c1-13(2,3)16(15)14-11-7-10-12-8-5-4-6-9-12/h4-6,8-9,11H,7,10H2,1-3H3/b14-11+/t16-/m1/s1. The van der Waals surface area contributed by atoms with Crippen LogP contribution in [0.3, 0.4) is 0 Å². The molecule has 3 heteroatoms. The fraction of sp³-hybridized carbons (Fsp3) is 0.462. The van der Waals surface area contributed by atoms with Gasteiger partial charge in [0.2, 0.25) is 0 Å². The summed E-state index contributed by atoms with van der Waals surface area (Å²) in [5, 5.41) is 0. The lowest BCUT2D eigenvalue weighted by molar-refractivity contribution is 0.561. The van der Waals surface area contributed by atoms with Crippen molar-refractivity contribution >= 4 is 17.6 Å². The second kappa shape index (κ2) is 6.06. The normalized spacial score (nSPS) is 14.2. The molecule has 0 aromatic heterocycles. The zero-order chi connectivity index (χ0) is 12.0. The van der Waals surface area contributed by atoms with Crippen molar-refractivity contribution in [2.75, 3.05) is 0 Å². The number of hydrogen-bond acceptors (Lipinski definition) is 2. The highest BCUT2D eigenvalue weighted by Crippen LogP contribution is 2.16. The van der Waals surface area contributed by atoms with E-state index in [4.69, 9.17) is 0 Å². The Balaban J connectivity index is 2.34. The van der Waals surface area contributed by atoms with Crippen LogP contribution in [-0.4, -0.2) is 15.5 Å². The lowest BCUT2D eigenvalue weighted by Gasteiger charge is -2.17. The lowest BCUT2D eigenvalue weighted by atomic mass is 10.1. The van der Waals surface area contributed by atoms with Gasteiger partial charge in [0.15, 0.2) is 0 Å². The van der Waals surface area contributed by atoms with Crippen molar-refractivity contribution in [2.45, 2.75) is 38.4 Å². The minimum Gasteiger partial charge on any atom is -0.591 e. The predicted molar refractivity (Wildman–Crippen MR) is 71.2 cm³/mol. The van der Waals surface area contributed by atoms with Crippen LogP contribution >= 0.6 is 0 Å². The Labute approximate surface area is 101 Å². The molecule has 0 saturated carbocycles. The average molecular weight is 237 g/mol. The summed E-state index contributed by atoms with van der Waals surface area (Å²) in [6, 6.07) is 10.2. The smallest absolute Gasteiger partial charge is 0.144 e. The van der Waals surface area contributed by atoms with E-state index in [1.54, 1.807) is 6.21 Å². The van der Waals surface area contributed by atoms with Gasteiger partial charge in [-0.3, -0.25) is 0 Å². The lowest BCUT2D eigenvalue weighted by Crippen LogP contribution is -2.25. The highest BCUT2D eigenvalue weighted by molar-refractivity contribution is 7.91. The van der Waals surface area contributed by atoms with E-state index >= 15 is 0 Å². The maximum Gasteiger partial charge on any atom is 0.144 e. The molecule has 2 nitrogen and oxygen atoms in total. The first-order chi connectivity index (χ1) is 7.50. The Bertz CT molecular complexity index is 330. The minimum absolute atomic E-state index is 0.261. The number of nitrogens with zero attached hydrogens (tertiary/aromatic N) is 1. The molecule has 0 aliphatic rings. The first kappa shape index (κ1) is 13.3. The molecule has 0 amide bonds. The third-order valence-corrected chi connectivity index (χ3v) is 3.49. The van der Waals surface area contributed by atoms with Gasteiger partial charge >= 0.3 is 0 Å². The molecule has 0 saturated heterocycles. The predicted octanol–water partition coefficient (Wildman–Crippen LogP) is 3.15. The van der Waals surface area contributed by atoms with Gasteiger partial charge in [-0.2, -0.15) is 0 Å². The van der Waals surface area contributed by atoms with Crippen molar-refractivity contribution in [3.8, 4) is 0 Å². The summed E-state index contributed by atoms with van der Waals surface area (Å²) in [4.78, 5) is 0. The van der Waals surface area contributed by atoms with Crippen LogP contribution < -0.4 is 0 Å². The van der Waals surface area contributed by atoms with Crippen LogP contribution in [0.25, 0.3) is 0 Å².